The predicted molar refractivity (Wildman–Crippen MR) is 128 cm³/mol. The molecular weight excluding hydrogens is 485 g/mol. The molecule has 3 rings (SSSR count). The molecule has 2 aromatic carbocycles. The summed E-state index contributed by atoms with van der Waals surface area (Å²) in [4.78, 5) is 30.4. The Balaban J connectivity index is 2.00. The minimum absolute atomic E-state index is 0.0613. The molecule has 1 heterocycles. The normalized spacial score (nSPS) is 14.1. The van der Waals surface area contributed by atoms with Crippen LogP contribution in [0.25, 0.3) is 11.0 Å². The molecule has 1 amide bonds. The van der Waals surface area contributed by atoms with Crippen molar-refractivity contribution in [1.29, 1.82) is 0 Å². The zero-order valence-electron chi connectivity index (χ0n) is 18.5. The summed E-state index contributed by atoms with van der Waals surface area (Å²) >= 11 is 11.9. The molecule has 0 aliphatic rings. The van der Waals surface area contributed by atoms with Crippen molar-refractivity contribution in [3.8, 4) is 0 Å². The quantitative estimate of drug-likeness (QED) is 0.308. The first-order valence-electron chi connectivity index (χ1n) is 10.4. The Kier molecular flexibility index (Phi) is 8.29. The third kappa shape index (κ3) is 5.57. The Labute approximate surface area is 205 Å². The van der Waals surface area contributed by atoms with Crippen LogP contribution in [0, 0.1) is 13.8 Å². The van der Waals surface area contributed by atoms with E-state index in [-0.39, 0.29) is 6.54 Å². The van der Waals surface area contributed by atoms with E-state index in [0.717, 1.165) is 15.7 Å². The van der Waals surface area contributed by atoms with Crippen molar-refractivity contribution in [2.24, 2.45) is 0 Å². The average molecular weight is 510 g/mol. The number of carbonyl (C=O) groups is 1. The van der Waals surface area contributed by atoms with E-state index in [4.69, 9.17) is 28.3 Å². The van der Waals surface area contributed by atoms with Crippen LogP contribution in [0.15, 0.2) is 35.1 Å². The van der Waals surface area contributed by atoms with Crippen LogP contribution in [0.5, 0.6) is 0 Å². The number of hydrogen-bond donors (Lipinski definition) is 5. The molecule has 0 saturated heterocycles. The fraction of sp³-hybridized carbons (Fsp3) is 0.348. The van der Waals surface area contributed by atoms with E-state index in [1.165, 1.54) is 0 Å². The summed E-state index contributed by atoms with van der Waals surface area (Å²) in [6.07, 6.45) is -4.91. The van der Waals surface area contributed by atoms with Crippen molar-refractivity contribution in [2.45, 2.75) is 45.2 Å². The van der Waals surface area contributed by atoms with E-state index in [1.54, 1.807) is 30.3 Å². The molecule has 3 aromatic rings. The van der Waals surface area contributed by atoms with Crippen LogP contribution in [0.1, 0.15) is 27.2 Å². The fourth-order valence-corrected chi connectivity index (χ4v) is 3.72. The number of nitrogens with one attached hydrogen (secondary N) is 1. The number of hydrogen-bond acceptors (Lipinski definition) is 7. The number of aliphatic hydroxyl groups is 4. The summed E-state index contributed by atoms with van der Waals surface area (Å²) in [5.74, 6) is -0.740. The monoisotopic (exact) mass is 509 g/mol. The van der Waals surface area contributed by atoms with Gasteiger partial charge in [0.05, 0.1) is 34.2 Å². The second-order valence-corrected chi connectivity index (χ2v) is 8.85. The molecule has 34 heavy (non-hydrogen) atoms. The highest BCUT2D eigenvalue weighted by Crippen LogP contribution is 2.22. The molecule has 0 unspecified atom stereocenters. The SMILES string of the molecule is Cc1cc2nc(C(=O)NCc3ccc(Cl)c(Cl)c3)c(=O)n(C[C@H](O)[C@H](O)[C@H](O)CO)c2cc1C. The van der Waals surface area contributed by atoms with Gasteiger partial charge < -0.3 is 30.3 Å². The topological polar surface area (TPSA) is 145 Å². The lowest BCUT2D eigenvalue weighted by Gasteiger charge is -2.23. The van der Waals surface area contributed by atoms with Gasteiger partial charge in [0.2, 0.25) is 0 Å². The highest BCUT2D eigenvalue weighted by atomic mass is 35.5. The van der Waals surface area contributed by atoms with Gasteiger partial charge in [0.25, 0.3) is 11.5 Å². The van der Waals surface area contributed by atoms with Gasteiger partial charge in [-0.1, -0.05) is 29.3 Å². The van der Waals surface area contributed by atoms with Crippen molar-refractivity contribution in [2.75, 3.05) is 6.61 Å². The van der Waals surface area contributed by atoms with Gasteiger partial charge in [-0.3, -0.25) is 9.59 Å². The Morgan fingerprint density at radius 2 is 1.74 bits per heavy atom. The van der Waals surface area contributed by atoms with Gasteiger partial charge in [-0.15, -0.1) is 0 Å². The number of halogens is 2. The minimum Gasteiger partial charge on any atom is -0.394 e. The van der Waals surface area contributed by atoms with Gasteiger partial charge in [-0.2, -0.15) is 0 Å². The summed E-state index contributed by atoms with van der Waals surface area (Å²) in [6, 6.07) is 8.26. The highest BCUT2D eigenvalue weighted by Gasteiger charge is 2.27. The third-order valence-electron chi connectivity index (χ3n) is 5.56. The van der Waals surface area contributed by atoms with Gasteiger partial charge >= 0.3 is 0 Å². The van der Waals surface area contributed by atoms with Crippen LogP contribution >= 0.6 is 23.2 Å². The lowest BCUT2D eigenvalue weighted by Crippen LogP contribution is -2.44. The third-order valence-corrected chi connectivity index (χ3v) is 6.30. The number of fused-ring (bicyclic) bond motifs is 1. The van der Waals surface area contributed by atoms with Crippen LogP contribution < -0.4 is 10.9 Å². The number of amides is 1. The van der Waals surface area contributed by atoms with Crippen molar-refractivity contribution in [1.82, 2.24) is 14.9 Å². The van der Waals surface area contributed by atoms with Crippen LogP contribution in [-0.2, 0) is 13.1 Å². The maximum Gasteiger partial charge on any atom is 0.282 e. The lowest BCUT2D eigenvalue weighted by atomic mass is 10.1. The Bertz CT molecular complexity index is 1280. The lowest BCUT2D eigenvalue weighted by molar-refractivity contribution is -0.0805. The maximum absolute atomic E-state index is 13.2. The molecule has 0 aliphatic carbocycles. The van der Waals surface area contributed by atoms with Gasteiger partial charge in [0.1, 0.15) is 18.3 Å². The number of carbonyl (C=O) groups excluding carboxylic acids is 1. The van der Waals surface area contributed by atoms with Gasteiger partial charge in [-0.25, -0.2) is 4.98 Å². The zero-order chi connectivity index (χ0) is 25.2. The van der Waals surface area contributed by atoms with Crippen LogP contribution in [-0.4, -0.2) is 60.8 Å². The Morgan fingerprint density at radius 1 is 1.06 bits per heavy atom. The molecule has 0 aliphatic heterocycles. The average Bonchev–Trinajstić information content (AvgIpc) is 2.81. The first-order chi connectivity index (χ1) is 16.0. The molecule has 3 atom stereocenters. The molecule has 0 fully saturated rings. The van der Waals surface area contributed by atoms with Gasteiger partial charge in [0, 0.05) is 6.54 Å². The molecule has 0 saturated carbocycles. The fourth-order valence-electron chi connectivity index (χ4n) is 3.40. The van der Waals surface area contributed by atoms with Crippen LogP contribution in [0.4, 0.5) is 0 Å². The summed E-state index contributed by atoms with van der Waals surface area (Å²) in [7, 11) is 0. The van der Waals surface area contributed by atoms with Crippen LogP contribution in [0.3, 0.4) is 0 Å². The molecule has 0 radical (unpaired) electrons. The highest BCUT2D eigenvalue weighted by molar-refractivity contribution is 6.42. The number of rotatable bonds is 8. The van der Waals surface area contributed by atoms with E-state index in [1.807, 2.05) is 13.8 Å². The Hall–Kier alpha value is -2.53. The number of benzene rings is 2. The predicted octanol–water partition coefficient (Wildman–Crippen LogP) is 1.33. The number of nitrogens with zero attached hydrogens (tertiary/aromatic N) is 2. The summed E-state index contributed by atoms with van der Waals surface area (Å²) in [5.41, 5.74) is 1.89. The van der Waals surface area contributed by atoms with E-state index >= 15 is 0 Å². The van der Waals surface area contributed by atoms with Gasteiger partial charge in [-0.05, 0) is 54.8 Å². The number of aromatic nitrogens is 2. The van der Waals surface area contributed by atoms with Crippen LogP contribution in [0.2, 0.25) is 10.0 Å². The van der Waals surface area contributed by atoms with E-state index in [9.17, 15) is 24.9 Å². The molecule has 1 aromatic heterocycles. The van der Waals surface area contributed by atoms with E-state index in [0.29, 0.717) is 26.6 Å². The smallest absolute Gasteiger partial charge is 0.282 e. The van der Waals surface area contributed by atoms with Crippen molar-refractivity contribution < 1.29 is 25.2 Å². The molecule has 182 valence electrons. The largest absolute Gasteiger partial charge is 0.394 e. The van der Waals surface area contributed by atoms with Crippen molar-refractivity contribution in [3.63, 3.8) is 0 Å². The number of aliphatic hydroxyl groups excluding tert-OH is 4. The summed E-state index contributed by atoms with van der Waals surface area (Å²) in [6.45, 7) is 2.54. The zero-order valence-corrected chi connectivity index (χ0v) is 20.0. The van der Waals surface area contributed by atoms with Crippen molar-refractivity contribution >= 4 is 40.1 Å². The summed E-state index contributed by atoms with van der Waals surface area (Å²) < 4.78 is 1.13. The first-order valence-corrected chi connectivity index (χ1v) is 11.2. The molecule has 11 heteroatoms. The first kappa shape index (κ1) is 26.1. The number of aryl methyl sites for hydroxylation is 2. The maximum atomic E-state index is 13.2. The minimum atomic E-state index is -1.71. The molecule has 5 N–H and O–H groups in total. The van der Waals surface area contributed by atoms with Crippen molar-refractivity contribution in [3.05, 3.63) is 73.1 Å². The molecule has 0 spiro atoms. The Morgan fingerprint density at radius 3 is 2.38 bits per heavy atom. The molecule has 9 nitrogen and oxygen atoms in total. The van der Waals surface area contributed by atoms with E-state index in [2.05, 4.69) is 10.3 Å². The molecule has 0 bridgehead atoms. The molecular formula is C23H25Cl2N3O6. The second kappa shape index (κ2) is 10.8. The standard InChI is InChI=1S/C23H25Cl2N3O6/c1-11-5-16-17(6-12(11)2)28(9-18(30)21(32)19(31)10-29)23(34)20(27-16)22(33)26-8-13-3-4-14(24)15(25)7-13/h3-7,18-19,21,29-32H,8-10H2,1-2H3,(H,26,33)/t18-,19+,21-/m0/s1. The summed E-state index contributed by atoms with van der Waals surface area (Å²) in [5, 5.41) is 42.5. The second-order valence-electron chi connectivity index (χ2n) is 8.04. The van der Waals surface area contributed by atoms with Gasteiger partial charge in [0.15, 0.2) is 5.69 Å². The van der Waals surface area contributed by atoms with E-state index < -0.39 is 48.6 Å².